The number of Topliss-reactive ketones (excluding diaryl/α,β-unsaturated/α-hetero) is 2. The number of esters is 2. The van der Waals surface area contributed by atoms with Gasteiger partial charge in [0.15, 0.2) is 11.6 Å². The fraction of sp³-hybridized carbons (Fsp3) is 0.0714. The second kappa shape index (κ2) is 9.50. The fourth-order valence-electron chi connectivity index (χ4n) is 3.73. The fourth-order valence-corrected chi connectivity index (χ4v) is 3.73. The van der Waals surface area contributed by atoms with Crippen molar-refractivity contribution in [2.24, 2.45) is 0 Å². The molecule has 0 bridgehead atoms. The molecule has 0 unspecified atom stereocenters. The summed E-state index contributed by atoms with van der Waals surface area (Å²) in [5, 5.41) is 0.825. The Balaban J connectivity index is 1.79. The number of carbonyl (C=O) groups is 4. The van der Waals surface area contributed by atoms with Gasteiger partial charge in [0.25, 0.3) is 0 Å². The monoisotopic (exact) mass is 452 g/mol. The van der Waals surface area contributed by atoms with Crippen molar-refractivity contribution in [2.75, 3.05) is 0 Å². The molecule has 0 N–H and O–H groups in total. The van der Waals surface area contributed by atoms with Crippen LogP contribution in [0.3, 0.4) is 0 Å². The molecule has 0 aliphatic rings. The molecule has 6 nitrogen and oxygen atoms in total. The minimum atomic E-state index is -0.609. The third-order valence-electron chi connectivity index (χ3n) is 5.25. The molecule has 0 aliphatic heterocycles. The highest BCUT2D eigenvalue weighted by atomic mass is 16.5. The van der Waals surface area contributed by atoms with Gasteiger partial charge in [0.1, 0.15) is 11.5 Å². The molecule has 4 rings (SSSR count). The highest BCUT2D eigenvalue weighted by Crippen LogP contribution is 2.35. The number of ether oxygens (including phenoxy) is 2. The van der Waals surface area contributed by atoms with Crippen molar-refractivity contribution in [3.05, 3.63) is 107 Å². The molecule has 0 heterocycles. The molecular formula is C28H20O6. The van der Waals surface area contributed by atoms with E-state index in [2.05, 4.69) is 0 Å². The number of hydrogen-bond acceptors (Lipinski definition) is 6. The zero-order valence-electron chi connectivity index (χ0n) is 18.5. The van der Waals surface area contributed by atoms with Crippen LogP contribution in [-0.4, -0.2) is 23.5 Å². The van der Waals surface area contributed by atoms with Crippen molar-refractivity contribution in [2.45, 2.75) is 13.8 Å². The summed E-state index contributed by atoms with van der Waals surface area (Å²) in [6, 6.07) is 22.9. The minimum absolute atomic E-state index is 0.0809. The molecule has 0 radical (unpaired) electrons. The van der Waals surface area contributed by atoms with Gasteiger partial charge in [0, 0.05) is 0 Å². The van der Waals surface area contributed by atoms with Gasteiger partial charge >= 0.3 is 11.9 Å². The van der Waals surface area contributed by atoms with Gasteiger partial charge in [-0.1, -0.05) is 36.4 Å². The van der Waals surface area contributed by atoms with Crippen molar-refractivity contribution in [3.63, 3.8) is 0 Å². The molecule has 4 aromatic rings. The second-order valence-electron chi connectivity index (χ2n) is 7.60. The first-order valence-electron chi connectivity index (χ1n) is 10.5. The SMILES string of the molecule is CC(=O)c1c(OC(=O)c2ccccc2)ccc2c(C(C)=O)c(OC(=O)c3ccccc3)ccc12. The molecule has 0 aromatic heterocycles. The highest BCUT2D eigenvalue weighted by Gasteiger charge is 2.22. The molecule has 168 valence electrons. The molecule has 0 saturated carbocycles. The molecule has 0 spiro atoms. The smallest absolute Gasteiger partial charge is 0.343 e. The van der Waals surface area contributed by atoms with Crippen molar-refractivity contribution < 1.29 is 28.7 Å². The highest BCUT2D eigenvalue weighted by molar-refractivity contribution is 6.17. The van der Waals surface area contributed by atoms with Gasteiger partial charge in [-0.25, -0.2) is 9.59 Å². The van der Waals surface area contributed by atoms with E-state index in [1.165, 1.54) is 26.0 Å². The molecule has 6 heteroatoms. The van der Waals surface area contributed by atoms with Crippen LogP contribution in [0.15, 0.2) is 84.9 Å². The Morgan fingerprint density at radius 3 is 1.18 bits per heavy atom. The van der Waals surface area contributed by atoms with Gasteiger partial charge < -0.3 is 9.47 Å². The van der Waals surface area contributed by atoms with Crippen LogP contribution in [0.5, 0.6) is 11.5 Å². The molecule has 34 heavy (non-hydrogen) atoms. The molecule has 0 amide bonds. The van der Waals surface area contributed by atoms with E-state index in [4.69, 9.17) is 9.47 Å². The number of rotatable bonds is 6. The average Bonchev–Trinajstić information content (AvgIpc) is 2.84. The van der Waals surface area contributed by atoms with E-state index < -0.39 is 11.9 Å². The standard InChI is InChI=1S/C28H20O6/c1-17(29)25-21-13-16-24(34-28(32)20-11-7-4-8-12-20)26(18(2)30)22(21)14-15-23(25)33-27(31)19-9-5-3-6-10-19/h3-16H,1-2H3. The molecule has 0 atom stereocenters. The van der Waals surface area contributed by atoms with E-state index >= 15 is 0 Å². The summed E-state index contributed by atoms with van der Waals surface area (Å²) in [5.74, 6) is -1.74. The maximum Gasteiger partial charge on any atom is 0.343 e. The van der Waals surface area contributed by atoms with Crippen LogP contribution in [0.1, 0.15) is 55.3 Å². The van der Waals surface area contributed by atoms with Crippen molar-refractivity contribution in [3.8, 4) is 11.5 Å². The van der Waals surface area contributed by atoms with Crippen molar-refractivity contribution in [1.29, 1.82) is 0 Å². The molecule has 0 fully saturated rings. The van der Waals surface area contributed by atoms with Crippen molar-refractivity contribution in [1.82, 2.24) is 0 Å². The van der Waals surface area contributed by atoms with E-state index in [9.17, 15) is 19.2 Å². The summed E-state index contributed by atoms with van der Waals surface area (Å²) in [4.78, 5) is 50.3. The van der Waals surface area contributed by atoms with Gasteiger partial charge in [0.2, 0.25) is 0 Å². The Bertz CT molecular complexity index is 1310. The average molecular weight is 452 g/mol. The Morgan fingerprint density at radius 1 is 0.500 bits per heavy atom. The van der Waals surface area contributed by atoms with Gasteiger partial charge in [-0.05, 0) is 73.2 Å². The number of fused-ring (bicyclic) bond motifs is 1. The maximum atomic E-state index is 12.6. The molecule has 4 aromatic carbocycles. The Labute approximate surface area is 195 Å². The molecule has 0 saturated heterocycles. The lowest BCUT2D eigenvalue weighted by Crippen LogP contribution is -2.13. The van der Waals surface area contributed by atoms with E-state index in [1.54, 1.807) is 72.8 Å². The van der Waals surface area contributed by atoms with Crippen LogP contribution in [0.4, 0.5) is 0 Å². The maximum absolute atomic E-state index is 12.6. The van der Waals surface area contributed by atoms with Gasteiger partial charge in [-0.3, -0.25) is 9.59 Å². The number of benzene rings is 4. The number of ketones is 2. The van der Waals surface area contributed by atoms with Crippen LogP contribution in [0.25, 0.3) is 10.8 Å². The normalized spacial score (nSPS) is 10.5. The van der Waals surface area contributed by atoms with Crippen LogP contribution in [-0.2, 0) is 0 Å². The summed E-state index contributed by atoms with van der Waals surface area (Å²) in [7, 11) is 0. The third-order valence-corrected chi connectivity index (χ3v) is 5.25. The number of carbonyl (C=O) groups excluding carboxylic acids is 4. The summed E-state index contributed by atoms with van der Waals surface area (Å²) in [6.45, 7) is 2.71. The van der Waals surface area contributed by atoms with Crippen LogP contribution in [0.2, 0.25) is 0 Å². The lowest BCUT2D eigenvalue weighted by Gasteiger charge is -2.15. The van der Waals surface area contributed by atoms with Crippen LogP contribution in [0, 0.1) is 0 Å². The van der Waals surface area contributed by atoms with Gasteiger partial charge in [0.05, 0.1) is 22.3 Å². The van der Waals surface area contributed by atoms with Crippen LogP contribution < -0.4 is 9.47 Å². The number of hydrogen-bond donors (Lipinski definition) is 0. The summed E-state index contributed by atoms with van der Waals surface area (Å²) < 4.78 is 11.0. The Hall–Kier alpha value is -4.58. The van der Waals surface area contributed by atoms with E-state index in [1.807, 2.05) is 0 Å². The molecule has 0 aliphatic carbocycles. The third kappa shape index (κ3) is 4.47. The van der Waals surface area contributed by atoms with E-state index in [0.717, 1.165) is 0 Å². The Kier molecular flexibility index (Phi) is 6.32. The lowest BCUT2D eigenvalue weighted by atomic mass is 9.95. The first-order chi connectivity index (χ1) is 16.4. The first-order valence-corrected chi connectivity index (χ1v) is 10.5. The zero-order valence-corrected chi connectivity index (χ0v) is 18.5. The predicted octanol–water partition coefficient (Wildman–Crippen LogP) is 5.68. The second-order valence-corrected chi connectivity index (χ2v) is 7.60. The summed E-state index contributed by atoms with van der Waals surface area (Å²) >= 11 is 0. The van der Waals surface area contributed by atoms with E-state index in [0.29, 0.717) is 21.9 Å². The lowest BCUT2D eigenvalue weighted by molar-refractivity contribution is 0.0721. The summed E-state index contributed by atoms with van der Waals surface area (Å²) in [5.41, 5.74) is 0.991. The predicted molar refractivity (Wildman–Crippen MR) is 127 cm³/mol. The Morgan fingerprint density at radius 2 is 0.853 bits per heavy atom. The van der Waals surface area contributed by atoms with Crippen molar-refractivity contribution >= 4 is 34.3 Å². The van der Waals surface area contributed by atoms with Gasteiger partial charge in [-0.15, -0.1) is 0 Å². The van der Waals surface area contributed by atoms with E-state index in [-0.39, 0.29) is 34.2 Å². The molecular weight excluding hydrogens is 432 g/mol. The first kappa shape index (κ1) is 22.6. The van der Waals surface area contributed by atoms with Gasteiger partial charge in [-0.2, -0.15) is 0 Å². The zero-order chi connectivity index (χ0) is 24.2. The van der Waals surface area contributed by atoms with Crippen LogP contribution >= 0.6 is 0 Å². The quantitative estimate of drug-likeness (QED) is 0.212. The largest absolute Gasteiger partial charge is 0.422 e. The topological polar surface area (TPSA) is 86.7 Å². The summed E-state index contributed by atoms with van der Waals surface area (Å²) in [6.07, 6.45) is 0. The minimum Gasteiger partial charge on any atom is -0.422 e.